The fraction of sp³-hybridized carbons (Fsp3) is 0.143. The molecule has 7 heteroatoms. The molecule has 0 unspecified atom stereocenters. The molecule has 0 atom stereocenters. The smallest absolute Gasteiger partial charge is 0.354 e. The van der Waals surface area contributed by atoms with E-state index in [9.17, 15) is 4.79 Å². The van der Waals surface area contributed by atoms with Crippen LogP contribution in [-0.4, -0.2) is 30.4 Å². The number of carboxylic acid groups (broad SMARTS) is 1. The second-order valence-corrected chi connectivity index (χ2v) is 3.43. The maximum absolute atomic E-state index is 10.7. The van der Waals surface area contributed by atoms with Gasteiger partial charge in [0.2, 0.25) is 0 Å². The first-order valence-corrected chi connectivity index (χ1v) is 4.56. The fourth-order valence-electron chi connectivity index (χ4n) is 1.05. The lowest BCUT2D eigenvalue weighted by Gasteiger charge is -2.00. The third kappa shape index (κ3) is 1.62. The normalized spacial score (nSPS) is 10.3. The summed E-state index contributed by atoms with van der Waals surface area (Å²) in [5.74, 6) is -0.986. The summed E-state index contributed by atoms with van der Waals surface area (Å²) in [7, 11) is 0. The third-order valence-electron chi connectivity index (χ3n) is 1.65. The Bertz CT molecular complexity index is 436. The fourth-order valence-corrected chi connectivity index (χ4v) is 1.52. The maximum Gasteiger partial charge on any atom is 0.354 e. The standard InChI is InChI=1S/C7H6N4O2S/c12-7(13)6-1-2-9-11(6)4-5-3-8-10-14-5/h1-3H,4H2,(H,12,13). The molecule has 0 fully saturated rings. The van der Waals surface area contributed by atoms with Crippen molar-refractivity contribution >= 4 is 17.5 Å². The first-order chi connectivity index (χ1) is 6.77. The Kier molecular flexibility index (Phi) is 2.23. The Morgan fingerprint density at radius 2 is 2.50 bits per heavy atom. The first-order valence-electron chi connectivity index (χ1n) is 3.78. The van der Waals surface area contributed by atoms with Crippen LogP contribution in [0.25, 0.3) is 0 Å². The van der Waals surface area contributed by atoms with Crippen LogP contribution in [0.2, 0.25) is 0 Å². The molecule has 0 saturated carbocycles. The summed E-state index contributed by atoms with van der Waals surface area (Å²) in [6, 6.07) is 1.46. The summed E-state index contributed by atoms with van der Waals surface area (Å²) in [5.41, 5.74) is 0.165. The van der Waals surface area contributed by atoms with Crippen LogP contribution in [0.5, 0.6) is 0 Å². The van der Waals surface area contributed by atoms with E-state index in [-0.39, 0.29) is 5.69 Å². The first kappa shape index (κ1) is 8.82. The molecule has 0 aromatic carbocycles. The molecule has 2 aromatic rings. The highest BCUT2D eigenvalue weighted by Gasteiger charge is 2.10. The van der Waals surface area contributed by atoms with Gasteiger partial charge in [0.25, 0.3) is 0 Å². The van der Waals surface area contributed by atoms with Gasteiger partial charge in [-0.05, 0) is 17.6 Å². The van der Waals surface area contributed by atoms with Crippen molar-refractivity contribution in [3.05, 3.63) is 29.0 Å². The number of carboxylic acids is 1. The van der Waals surface area contributed by atoms with E-state index < -0.39 is 5.97 Å². The molecule has 2 rings (SSSR count). The van der Waals surface area contributed by atoms with Gasteiger partial charge in [0.1, 0.15) is 5.69 Å². The molecule has 0 saturated heterocycles. The van der Waals surface area contributed by atoms with Crippen molar-refractivity contribution in [2.24, 2.45) is 0 Å². The molecule has 0 amide bonds. The second kappa shape index (κ2) is 3.54. The molecule has 0 aliphatic heterocycles. The van der Waals surface area contributed by atoms with Gasteiger partial charge in [0.05, 0.1) is 17.6 Å². The van der Waals surface area contributed by atoms with Crippen molar-refractivity contribution in [3.8, 4) is 0 Å². The summed E-state index contributed by atoms with van der Waals surface area (Å²) in [4.78, 5) is 11.6. The van der Waals surface area contributed by atoms with Gasteiger partial charge in [-0.1, -0.05) is 4.49 Å². The van der Waals surface area contributed by atoms with Crippen LogP contribution in [0.4, 0.5) is 0 Å². The van der Waals surface area contributed by atoms with Gasteiger partial charge >= 0.3 is 5.97 Å². The summed E-state index contributed by atoms with van der Waals surface area (Å²) in [6.45, 7) is 0.395. The van der Waals surface area contributed by atoms with E-state index in [0.29, 0.717) is 6.54 Å². The van der Waals surface area contributed by atoms with Gasteiger partial charge in [-0.15, -0.1) is 5.10 Å². The van der Waals surface area contributed by atoms with E-state index in [1.165, 1.54) is 28.5 Å². The molecular formula is C7H6N4O2S. The predicted octanol–water partition coefficient (Wildman–Crippen LogP) is 0.481. The molecule has 2 aromatic heterocycles. The molecule has 2 heterocycles. The summed E-state index contributed by atoms with van der Waals surface area (Å²) in [5, 5.41) is 16.4. The molecule has 0 aliphatic rings. The summed E-state index contributed by atoms with van der Waals surface area (Å²) >= 11 is 1.23. The highest BCUT2D eigenvalue weighted by molar-refractivity contribution is 7.05. The summed E-state index contributed by atoms with van der Waals surface area (Å²) < 4.78 is 5.08. The topological polar surface area (TPSA) is 80.9 Å². The zero-order valence-corrected chi connectivity index (χ0v) is 7.81. The van der Waals surface area contributed by atoms with E-state index in [2.05, 4.69) is 14.7 Å². The number of carbonyl (C=O) groups is 1. The van der Waals surface area contributed by atoms with Crippen molar-refractivity contribution in [2.75, 3.05) is 0 Å². The number of nitrogens with zero attached hydrogens (tertiary/aromatic N) is 4. The number of aromatic carboxylic acids is 1. The largest absolute Gasteiger partial charge is 0.477 e. The van der Waals surface area contributed by atoms with Crippen molar-refractivity contribution in [1.29, 1.82) is 0 Å². The Labute approximate surface area is 83.0 Å². The lowest BCUT2D eigenvalue weighted by molar-refractivity contribution is 0.0684. The van der Waals surface area contributed by atoms with Crippen molar-refractivity contribution < 1.29 is 9.90 Å². The Morgan fingerprint density at radius 1 is 1.64 bits per heavy atom. The van der Waals surface area contributed by atoms with E-state index in [4.69, 9.17) is 5.11 Å². The lowest BCUT2D eigenvalue weighted by Crippen LogP contribution is -2.09. The number of rotatable bonds is 3. The highest BCUT2D eigenvalue weighted by Crippen LogP contribution is 2.07. The van der Waals surface area contributed by atoms with E-state index >= 15 is 0 Å². The van der Waals surface area contributed by atoms with Crippen LogP contribution in [0.1, 0.15) is 15.4 Å². The summed E-state index contributed by atoms with van der Waals surface area (Å²) in [6.07, 6.45) is 3.05. The number of hydrogen-bond donors (Lipinski definition) is 1. The average molecular weight is 210 g/mol. The number of hydrogen-bond acceptors (Lipinski definition) is 5. The van der Waals surface area contributed by atoms with Gasteiger partial charge in [0.15, 0.2) is 0 Å². The van der Waals surface area contributed by atoms with E-state index in [1.807, 2.05) is 0 Å². The Hall–Kier alpha value is -1.76. The zero-order chi connectivity index (χ0) is 9.97. The SMILES string of the molecule is O=C(O)c1ccnn1Cc1cnns1. The zero-order valence-electron chi connectivity index (χ0n) is 6.99. The number of aromatic nitrogens is 4. The monoisotopic (exact) mass is 210 g/mol. The molecule has 1 N–H and O–H groups in total. The molecule has 6 nitrogen and oxygen atoms in total. The molecule has 0 bridgehead atoms. The molecule has 14 heavy (non-hydrogen) atoms. The van der Waals surface area contributed by atoms with Crippen LogP contribution in [0, 0.1) is 0 Å². The van der Waals surface area contributed by atoms with Crippen LogP contribution in [0.15, 0.2) is 18.5 Å². The molecule has 0 aliphatic carbocycles. The van der Waals surface area contributed by atoms with E-state index in [0.717, 1.165) is 4.88 Å². The van der Waals surface area contributed by atoms with Gasteiger partial charge < -0.3 is 5.11 Å². The predicted molar refractivity (Wildman–Crippen MR) is 48.2 cm³/mol. The van der Waals surface area contributed by atoms with Crippen molar-refractivity contribution in [3.63, 3.8) is 0 Å². The lowest BCUT2D eigenvalue weighted by atomic mass is 10.4. The van der Waals surface area contributed by atoms with Gasteiger partial charge in [-0.3, -0.25) is 4.68 Å². The molecule has 0 spiro atoms. The maximum atomic E-state index is 10.7. The minimum Gasteiger partial charge on any atom is -0.477 e. The van der Waals surface area contributed by atoms with Crippen LogP contribution >= 0.6 is 11.5 Å². The average Bonchev–Trinajstić information content (AvgIpc) is 2.75. The van der Waals surface area contributed by atoms with Crippen LogP contribution in [0.3, 0.4) is 0 Å². The molecular weight excluding hydrogens is 204 g/mol. The Balaban J connectivity index is 2.25. The van der Waals surface area contributed by atoms with Gasteiger partial charge in [-0.2, -0.15) is 5.10 Å². The molecule has 72 valence electrons. The van der Waals surface area contributed by atoms with Crippen LogP contribution < -0.4 is 0 Å². The van der Waals surface area contributed by atoms with Crippen molar-refractivity contribution in [1.82, 2.24) is 19.4 Å². The quantitative estimate of drug-likeness (QED) is 0.796. The van der Waals surface area contributed by atoms with Crippen molar-refractivity contribution in [2.45, 2.75) is 6.54 Å². The van der Waals surface area contributed by atoms with Crippen LogP contribution in [-0.2, 0) is 6.54 Å². The van der Waals surface area contributed by atoms with Gasteiger partial charge in [0, 0.05) is 6.20 Å². The highest BCUT2D eigenvalue weighted by atomic mass is 32.1. The molecule has 0 radical (unpaired) electrons. The third-order valence-corrected chi connectivity index (χ3v) is 2.29. The second-order valence-electron chi connectivity index (χ2n) is 2.56. The Morgan fingerprint density at radius 3 is 3.14 bits per heavy atom. The minimum atomic E-state index is -0.986. The minimum absolute atomic E-state index is 0.165. The van der Waals surface area contributed by atoms with E-state index in [1.54, 1.807) is 6.20 Å². The van der Waals surface area contributed by atoms with Gasteiger partial charge in [-0.25, -0.2) is 4.79 Å².